The molecule has 3 rings (SSSR count). The number of carbonyl (C=O) groups excluding carboxylic acids is 2. The summed E-state index contributed by atoms with van der Waals surface area (Å²) in [4.78, 5) is 48.4. The molecule has 7 heteroatoms. The highest BCUT2D eigenvalue weighted by Gasteiger charge is 2.11. The van der Waals surface area contributed by atoms with Gasteiger partial charge >= 0.3 is 11.1 Å². The predicted octanol–water partition coefficient (Wildman–Crippen LogP) is 2.15. The number of nitrogens with one attached hydrogen (secondary N) is 1. The van der Waals surface area contributed by atoms with Gasteiger partial charge in [-0.25, -0.2) is 0 Å². The second kappa shape index (κ2) is 7.87. The van der Waals surface area contributed by atoms with E-state index in [1.165, 1.54) is 23.9 Å². The largest absolute Gasteiger partial charge is 0.325 e. The molecule has 0 spiro atoms. The van der Waals surface area contributed by atoms with Gasteiger partial charge in [-0.2, -0.15) is 0 Å². The molecule has 0 aliphatic heterocycles. The van der Waals surface area contributed by atoms with Crippen molar-refractivity contribution in [3.05, 3.63) is 92.8 Å². The highest BCUT2D eigenvalue weighted by atomic mass is 16.2. The summed E-state index contributed by atoms with van der Waals surface area (Å²) in [7, 11) is 0. The van der Waals surface area contributed by atoms with Gasteiger partial charge in [0.15, 0.2) is 5.78 Å². The van der Waals surface area contributed by atoms with E-state index in [0.29, 0.717) is 16.9 Å². The third-order valence-electron chi connectivity index (χ3n) is 4.32. The number of carbonyl (C=O) groups is 2. The number of hydrogen-bond donors (Lipinski definition) is 1. The molecule has 28 heavy (non-hydrogen) atoms. The van der Waals surface area contributed by atoms with E-state index in [-0.39, 0.29) is 12.3 Å². The second-order valence-corrected chi connectivity index (χ2v) is 6.37. The van der Waals surface area contributed by atoms with Crippen molar-refractivity contribution >= 4 is 17.4 Å². The molecule has 1 aromatic heterocycles. The minimum Gasteiger partial charge on any atom is -0.325 e. The molecule has 0 unspecified atom stereocenters. The van der Waals surface area contributed by atoms with E-state index >= 15 is 0 Å². The predicted molar refractivity (Wildman–Crippen MR) is 106 cm³/mol. The number of aryl methyl sites for hydroxylation is 1. The van der Waals surface area contributed by atoms with Crippen molar-refractivity contribution in [2.45, 2.75) is 20.4 Å². The van der Waals surface area contributed by atoms with Gasteiger partial charge < -0.3 is 5.32 Å². The average molecular weight is 377 g/mol. The Balaban J connectivity index is 1.79. The molecule has 3 aromatic rings. The minimum absolute atomic E-state index is 0.0707. The van der Waals surface area contributed by atoms with Crippen LogP contribution in [0.25, 0.3) is 5.69 Å². The van der Waals surface area contributed by atoms with E-state index in [1.807, 2.05) is 19.1 Å². The lowest BCUT2D eigenvalue weighted by Crippen LogP contribution is -2.41. The monoisotopic (exact) mass is 377 g/mol. The Morgan fingerprint density at radius 1 is 0.929 bits per heavy atom. The van der Waals surface area contributed by atoms with Crippen LogP contribution < -0.4 is 16.4 Å². The summed E-state index contributed by atoms with van der Waals surface area (Å²) in [5.74, 6) is -0.524. The first kappa shape index (κ1) is 19.0. The van der Waals surface area contributed by atoms with E-state index in [9.17, 15) is 19.2 Å². The number of nitrogens with zero attached hydrogens (tertiary/aromatic N) is 2. The Morgan fingerprint density at radius 3 is 2.25 bits per heavy atom. The van der Waals surface area contributed by atoms with Crippen LogP contribution in [0.2, 0.25) is 0 Å². The number of anilines is 1. The standard InChI is InChI=1S/C21H19N3O4/c1-14-5-3-4-6-18(14)24-12-11-23(20(27)21(24)28)13-19(26)22-17-9-7-16(8-10-17)15(2)25/h3-12H,13H2,1-2H3,(H,22,26). The third-order valence-corrected chi connectivity index (χ3v) is 4.32. The lowest BCUT2D eigenvalue weighted by molar-refractivity contribution is -0.116. The van der Waals surface area contributed by atoms with Gasteiger partial charge in [-0.3, -0.25) is 28.3 Å². The molecule has 0 saturated heterocycles. The smallest absolute Gasteiger partial charge is 0.320 e. The van der Waals surface area contributed by atoms with Crippen LogP contribution in [0, 0.1) is 6.92 Å². The Kier molecular flexibility index (Phi) is 5.35. The van der Waals surface area contributed by atoms with Gasteiger partial charge in [0.25, 0.3) is 0 Å². The second-order valence-electron chi connectivity index (χ2n) is 6.37. The van der Waals surface area contributed by atoms with Crippen molar-refractivity contribution in [3.8, 4) is 5.69 Å². The Morgan fingerprint density at radius 2 is 1.61 bits per heavy atom. The van der Waals surface area contributed by atoms with E-state index < -0.39 is 17.0 Å². The summed E-state index contributed by atoms with van der Waals surface area (Å²) in [6, 6.07) is 13.6. The maximum atomic E-state index is 12.4. The first-order valence-corrected chi connectivity index (χ1v) is 8.66. The van der Waals surface area contributed by atoms with Crippen molar-refractivity contribution in [2.75, 3.05) is 5.32 Å². The molecule has 0 bridgehead atoms. The first-order chi connectivity index (χ1) is 13.4. The van der Waals surface area contributed by atoms with Gasteiger partial charge in [0.05, 0.1) is 5.69 Å². The van der Waals surface area contributed by atoms with E-state index in [2.05, 4.69) is 5.32 Å². The van der Waals surface area contributed by atoms with Crippen molar-refractivity contribution in [3.63, 3.8) is 0 Å². The fourth-order valence-corrected chi connectivity index (χ4v) is 2.80. The number of amides is 1. The highest BCUT2D eigenvalue weighted by Crippen LogP contribution is 2.11. The summed E-state index contributed by atoms with van der Waals surface area (Å²) in [6.45, 7) is 3.01. The number of benzene rings is 2. The maximum absolute atomic E-state index is 12.4. The summed E-state index contributed by atoms with van der Waals surface area (Å²) in [5.41, 5.74) is 0.994. The molecule has 1 N–H and O–H groups in total. The summed E-state index contributed by atoms with van der Waals surface area (Å²) in [5, 5.41) is 2.64. The number of aromatic nitrogens is 2. The topological polar surface area (TPSA) is 90.2 Å². The van der Waals surface area contributed by atoms with Crippen LogP contribution in [0.4, 0.5) is 5.69 Å². The molecule has 0 fully saturated rings. The Labute approximate surface area is 160 Å². The summed E-state index contributed by atoms with van der Waals surface area (Å²) in [6.07, 6.45) is 2.88. The van der Waals surface area contributed by atoms with Crippen LogP contribution >= 0.6 is 0 Å². The van der Waals surface area contributed by atoms with Gasteiger partial charge in [0.2, 0.25) is 5.91 Å². The number of hydrogen-bond acceptors (Lipinski definition) is 4. The van der Waals surface area contributed by atoms with Gasteiger partial charge in [-0.15, -0.1) is 0 Å². The quantitative estimate of drug-likeness (QED) is 0.545. The first-order valence-electron chi connectivity index (χ1n) is 8.66. The molecule has 0 radical (unpaired) electrons. The molecule has 7 nitrogen and oxygen atoms in total. The zero-order valence-corrected chi connectivity index (χ0v) is 15.5. The zero-order chi connectivity index (χ0) is 20.3. The lowest BCUT2D eigenvalue weighted by Gasteiger charge is -2.11. The average Bonchev–Trinajstić information content (AvgIpc) is 2.67. The molecule has 2 aromatic carbocycles. The van der Waals surface area contributed by atoms with E-state index in [0.717, 1.165) is 10.1 Å². The van der Waals surface area contributed by atoms with Crippen molar-refractivity contribution in [2.24, 2.45) is 0 Å². The van der Waals surface area contributed by atoms with Crippen LogP contribution in [0.5, 0.6) is 0 Å². The van der Waals surface area contributed by atoms with E-state index in [1.54, 1.807) is 36.4 Å². The molecular weight excluding hydrogens is 358 g/mol. The van der Waals surface area contributed by atoms with Gasteiger partial charge in [0, 0.05) is 23.6 Å². The highest BCUT2D eigenvalue weighted by molar-refractivity contribution is 5.95. The summed E-state index contributed by atoms with van der Waals surface area (Å²) < 4.78 is 2.34. The fraction of sp³-hybridized carbons (Fsp3) is 0.143. The van der Waals surface area contributed by atoms with Crippen molar-refractivity contribution in [1.29, 1.82) is 0 Å². The molecule has 1 heterocycles. The number of ketones is 1. The molecule has 142 valence electrons. The Bertz CT molecular complexity index is 1160. The van der Waals surface area contributed by atoms with Crippen molar-refractivity contribution < 1.29 is 9.59 Å². The van der Waals surface area contributed by atoms with Gasteiger partial charge in [-0.1, -0.05) is 18.2 Å². The molecule has 1 amide bonds. The normalized spacial score (nSPS) is 10.5. The molecule has 0 aliphatic rings. The van der Waals surface area contributed by atoms with Crippen LogP contribution in [0.1, 0.15) is 22.8 Å². The lowest BCUT2D eigenvalue weighted by atomic mass is 10.1. The fourth-order valence-electron chi connectivity index (χ4n) is 2.80. The van der Waals surface area contributed by atoms with Crippen LogP contribution in [0.3, 0.4) is 0 Å². The van der Waals surface area contributed by atoms with Crippen LogP contribution in [-0.4, -0.2) is 20.8 Å². The van der Waals surface area contributed by atoms with Gasteiger partial charge in [-0.05, 0) is 49.7 Å². The molecule has 0 saturated carbocycles. The minimum atomic E-state index is -0.784. The van der Waals surface area contributed by atoms with Crippen molar-refractivity contribution in [1.82, 2.24) is 9.13 Å². The summed E-state index contributed by atoms with van der Waals surface area (Å²) >= 11 is 0. The zero-order valence-electron chi connectivity index (χ0n) is 15.5. The maximum Gasteiger partial charge on any atom is 0.320 e. The SMILES string of the molecule is CC(=O)c1ccc(NC(=O)Cn2ccn(-c3ccccc3C)c(=O)c2=O)cc1. The number of Topliss-reactive ketones (excluding diaryl/α,β-unsaturated/α-hetero) is 1. The molecular formula is C21H19N3O4. The van der Waals surface area contributed by atoms with E-state index in [4.69, 9.17) is 0 Å². The Hall–Kier alpha value is -3.74. The number of rotatable bonds is 5. The molecule has 0 atom stereocenters. The molecule has 0 aliphatic carbocycles. The third kappa shape index (κ3) is 3.98. The van der Waals surface area contributed by atoms with Crippen LogP contribution in [-0.2, 0) is 11.3 Å². The van der Waals surface area contributed by atoms with Crippen LogP contribution in [0.15, 0.2) is 70.5 Å². The van der Waals surface area contributed by atoms with Gasteiger partial charge in [0.1, 0.15) is 6.54 Å². The number of para-hydroxylation sites is 1.